The van der Waals surface area contributed by atoms with E-state index in [9.17, 15) is 52.7 Å². The zero-order valence-electron chi connectivity index (χ0n) is 13.1. The van der Waals surface area contributed by atoms with Crippen LogP contribution in [0.5, 0.6) is 0 Å². The van der Waals surface area contributed by atoms with Crippen LogP contribution >= 0.6 is 0 Å². The summed E-state index contributed by atoms with van der Waals surface area (Å²) in [6.07, 6.45) is -5.52. The first-order valence-corrected chi connectivity index (χ1v) is 7.69. The maximum Gasteiger partial charge on any atom is 0.384 e. The zero-order chi connectivity index (χ0) is 20.6. The van der Waals surface area contributed by atoms with E-state index < -0.39 is 54.8 Å². The van der Waals surface area contributed by atoms with Gasteiger partial charge >= 0.3 is 36.0 Å². The topological polar surface area (TPSA) is 0 Å². The third-order valence-corrected chi connectivity index (χ3v) is 4.53. The molecule has 0 atom stereocenters. The van der Waals surface area contributed by atoms with Crippen LogP contribution in [0, 0.1) is 5.92 Å². The minimum atomic E-state index is -7.41. The molecular weight excluding hydrogens is 396 g/mol. The molecule has 12 heteroatoms. The molecule has 1 saturated carbocycles. The molecule has 1 aliphatic rings. The molecule has 0 nitrogen and oxygen atoms in total. The van der Waals surface area contributed by atoms with E-state index in [-0.39, 0.29) is 0 Å². The van der Waals surface area contributed by atoms with Gasteiger partial charge in [0.15, 0.2) is 0 Å². The summed E-state index contributed by atoms with van der Waals surface area (Å²) in [5.74, 6) is -35.0. The van der Waals surface area contributed by atoms with Gasteiger partial charge in [-0.15, -0.1) is 0 Å². The summed E-state index contributed by atoms with van der Waals surface area (Å²) in [7, 11) is 0. The fourth-order valence-corrected chi connectivity index (χ4v) is 2.79. The van der Waals surface area contributed by atoms with Gasteiger partial charge in [-0.2, -0.15) is 43.9 Å². The van der Waals surface area contributed by atoms with Crippen molar-refractivity contribution < 1.29 is 52.7 Å². The Morgan fingerprint density at radius 3 is 1.54 bits per heavy atom. The molecule has 0 aliphatic heterocycles. The number of alkyl halides is 12. The summed E-state index contributed by atoms with van der Waals surface area (Å²) in [6.45, 7) is 0. The van der Waals surface area contributed by atoms with Crippen LogP contribution in [0.15, 0.2) is 0 Å². The van der Waals surface area contributed by atoms with Crippen molar-refractivity contribution in [3.8, 4) is 0 Å². The van der Waals surface area contributed by atoms with E-state index in [4.69, 9.17) is 0 Å². The first-order chi connectivity index (χ1) is 11.5. The summed E-state index contributed by atoms with van der Waals surface area (Å²) < 4.78 is 156. The Kier molecular flexibility index (Phi) is 6.51. The zero-order valence-corrected chi connectivity index (χ0v) is 13.1. The molecule has 0 amide bonds. The monoisotopic (exact) mass is 412 g/mol. The average molecular weight is 412 g/mol. The van der Waals surface area contributed by atoms with E-state index in [0.717, 1.165) is 6.42 Å². The van der Waals surface area contributed by atoms with Crippen molar-refractivity contribution in [2.75, 3.05) is 0 Å². The fraction of sp³-hybridized carbons (Fsp3) is 1.00. The van der Waals surface area contributed by atoms with Crippen molar-refractivity contribution in [3.63, 3.8) is 0 Å². The lowest BCUT2D eigenvalue weighted by Gasteiger charge is -2.39. The third kappa shape index (κ3) is 3.74. The molecule has 0 bridgehead atoms. The lowest BCUT2D eigenvalue weighted by Crippen LogP contribution is -2.68. The quantitative estimate of drug-likeness (QED) is 0.385. The van der Waals surface area contributed by atoms with Crippen molar-refractivity contribution >= 4 is 0 Å². The van der Waals surface area contributed by atoms with Gasteiger partial charge in [0.25, 0.3) is 0 Å². The summed E-state index contributed by atoms with van der Waals surface area (Å²) in [5, 5.41) is 0. The largest absolute Gasteiger partial charge is 0.384 e. The predicted octanol–water partition coefficient (Wildman–Crippen LogP) is 6.79. The lowest BCUT2D eigenvalue weighted by atomic mass is 9.83. The van der Waals surface area contributed by atoms with Crippen LogP contribution in [-0.2, 0) is 0 Å². The SMILES string of the molecule is FC(F)C(F)(F)C(F)(F)C(F)(F)C(F)(F)C(F)(F)CCC1CCCCC1. The number of rotatable bonds is 8. The number of hydrogen-bond donors (Lipinski definition) is 0. The molecule has 0 saturated heterocycles. The van der Waals surface area contributed by atoms with E-state index in [1.807, 2.05) is 0 Å². The van der Waals surface area contributed by atoms with E-state index in [1.165, 1.54) is 0 Å². The molecule has 156 valence electrons. The van der Waals surface area contributed by atoms with Crippen molar-refractivity contribution in [2.45, 2.75) is 81.0 Å². The van der Waals surface area contributed by atoms with Gasteiger partial charge < -0.3 is 0 Å². The van der Waals surface area contributed by atoms with E-state index in [1.54, 1.807) is 0 Å². The standard InChI is InChI=1S/C14H16F12/c15-9(16)11(19,20)13(23,24)14(25,26)12(21,22)10(17,18)7-6-8-4-2-1-3-5-8/h8-9H,1-7H2. The van der Waals surface area contributed by atoms with Gasteiger partial charge in [-0.3, -0.25) is 0 Å². The normalized spacial score (nSPS) is 19.3. The third-order valence-electron chi connectivity index (χ3n) is 4.53. The minimum Gasteiger partial charge on any atom is -0.203 e. The summed E-state index contributed by atoms with van der Waals surface area (Å²) in [6, 6.07) is 0. The molecule has 1 rings (SSSR count). The Morgan fingerprint density at radius 2 is 1.12 bits per heavy atom. The molecule has 0 N–H and O–H groups in total. The van der Waals surface area contributed by atoms with Crippen LogP contribution in [0.4, 0.5) is 52.7 Å². The van der Waals surface area contributed by atoms with Gasteiger partial charge in [0, 0.05) is 6.42 Å². The van der Waals surface area contributed by atoms with Crippen LogP contribution in [0.25, 0.3) is 0 Å². The number of halogens is 12. The maximum absolute atomic E-state index is 13.6. The van der Waals surface area contributed by atoms with Gasteiger partial charge in [-0.1, -0.05) is 32.1 Å². The molecule has 0 aromatic heterocycles. The second-order valence-corrected chi connectivity index (χ2v) is 6.39. The van der Waals surface area contributed by atoms with Crippen molar-refractivity contribution in [1.29, 1.82) is 0 Å². The molecule has 0 spiro atoms. The molecule has 0 heterocycles. The Morgan fingerprint density at radius 1 is 0.654 bits per heavy atom. The van der Waals surface area contributed by atoms with Gasteiger partial charge in [0.1, 0.15) is 0 Å². The second-order valence-electron chi connectivity index (χ2n) is 6.39. The molecule has 1 aliphatic carbocycles. The Bertz CT molecular complexity index is 465. The van der Waals surface area contributed by atoms with E-state index in [0.29, 0.717) is 25.7 Å². The van der Waals surface area contributed by atoms with Gasteiger partial charge in [0.2, 0.25) is 0 Å². The average Bonchev–Trinajstić information content (AvgIpc) is 2.53. The van der Waals surface area contributed by atoms with Gasteiger partial charge in [0.05, 0.1) is 0 Å². The second kappa shape index (κ2) is 7.29. The highest BCUT2D eigenvalue weighted by atomic mass is 19.4. The van der Waals surface area contributed by atoms with Gasteiger partial charge in [-0.25, -0.2) is 8.78 Å². The Hall–Kier alpha value is -0.840. The van der Waals surface area contributed by atoms with E-state index in [2.05, 4.69) is 0 Å². The van der Waals surface area contributed by atoms with Crippen LogP contribution in [0.3, 0.4) is 0 Å². The Labute approximate surface area is 140 Å². The smallest absolute Gasteiger partial charge is 0.203 e. The van der Waals surface area contributed by atoms with E-state index >= 15 is 0 Å². The van der Waals surface area contributed by atoms with Crippen molar-refractivity contribution in [3.05, 3.63) is 0 Å². The maximum atomic E-state index is 13.6. The molecule has 0 unspecified atom stereocenters. The summed E-state index contributed by atoms with van der Waals surface area (Å²) in [5.41, 5.74) is 0. The highest BCUT2D eigenvalue weighted by molar-refractivity contribution is 5.09. The molecular formula is C14H16F12. The molecule has 0 aromatic carbocycles. The van der Waals surface area contributed by atoms with Crippen LogP contribution in [0.1, 0.15) is 44.9 Å². The minimum absolute atomic E-state index is 0.345. The predicted molar refractivity (Wildman–Crippen MR) is 66.5 cm³/mol. The summed E-state index contributed by atoms with van der Waals surface area (Å²) >= 11 is 0. The highest BCUT2D eigenvalue weighted by Gasteiger charge is 2.87. The first-order valence-electron chi connectivity index (χ1n) is 7.69. The Balaban J connectivity index is 3.06. The molecule has 0 aromatic rings. The van der Waals surface area contributed by atoms with Crippen LogP contribution in [-0.4, -0.2) is 36.0 Å². The fourth-order valence-electron chi connectivity index (χ4n) is 2.79. The first kappa shape index (κ1) is 23.2. The molecule has 1 fully saturated rings. The van der Waals surface area contributed by atoms with Crippen LogP contribution in [0.2, 0.25) is 0 Å². The molecule has 0 radical (unpaired) electrons. The van der Waals surface area contributed by atoms with Gasteiger partial charge in [-0.05, 0) is 12.3 Å². The number of hydrogen-bond acceptors (Lipinski definition) is 0. The van der Waals surface area contributed by atoms with Crippen molar-refractivity contribution in [2.24, 2.45) is 5.92 Å². The van der Waals surface area contributed by atoms with Crippen molar-refractivity contribution in [1.82, 2.24) is 0 Å². The highest BCUT2D eigenvalue weighted by Crippen LogP contribution is 2.59. The van der Waals surface area contributed by atoms with Crippen LogP contribution < -0.4 is 0 Å². The molecule has 26 heavy (non-hydrogen) atoms. The summed E-state index contributed by atoms with van der Waals surface area (Å²) in [4.78, 5) is 0. The lowest BCUT2D eigenvalue weighted by molar-refractivity contribution is -0.413.